The van der Waals surface area contributed by atoms with E-state index in [1.54, 1.807) is 0 Å². The van der Waals surface area contributed by atoms with Crippen molar-refractivity contribution in [1.82, 2.24) is 5.32 Å². The van der Waals surface area contributed by atoms with Gasteiger partial charge in [-0.1, -0.05) is 0 Å². The molecule has 0 bridgehead atoms. The molecule has 1 heterocycles. The largest absolute Gasteiger partial charge is 0.351 e. The first-order valence-electron chi connectivity index (χ1n) is 4.25. The van der Waals surface area contributed by atoms with Gasteiger partial charge in [0.05, 0.1) is 8.66 Å². The highest BCUT2D eigenvalue weighted by Crippen LogP contribution is 2.27. The molecule has 0 atom stereocenters. The van der Waals surface area contributed by atoms with Crippen LogP contribution in [0.15, 0.2) is 9.85 Å². The normalized spacial score (nSPS) is 10.2. The van der Waals surface area contributed by atoms with Crippen molar-refractivity contribution in [3.05, 3.63) is 20.3 Å². The summed E-state index contributed by atoms with van der Waals surface area (Å²) in [6.07, 6.45) is 0.804. The maximum absolute atomic E-state index is 11.5. The second-order valence-electron chi connectivity index (χ2n) is 2.87. The van der Waals surface area contributed by atoms with Gasteiger partial charge < -0.3 is 5.32 Å². The first-order chi connectivity index (χ1) is 6.65. The Kier molecular flexibility index (Phi) is 4.92. The lowest BCUT2D eigenvalue weighted by atomic mass is 10.3. The Labute approximate surface area is 101 Å². The first kappa shape index (κ1) is 12.0. The number of aryl methyl sites for hydroxylation is 1. The van der Waals surface area contributed by atoms with Crippen LogP contribution >= 0.6 is 38.9 Å². The molecule has 0 saturated heterocycles. The van der Waals surface area contributed by atoms with Gasteiger partial charge in [0, 0.05) is 12.4 Å². The molecule has 2 nitrogen and oxygen atoms in total. The van der Waals surface area contributed by atoms with Crippen LogP contribution in [0.2, 0.25) is 0 Å². The summed E-state index contributed by atoms with van der Waals surface area (Å²) in [5.74, 6) is 0.557. The molecule has 1 aromatic heterocycles. The van der Waals surface area contributed by atoms with E-state index in [0.717, 1.165) is 20.6 Å². The molecule has 5 heteroatoms. The lowest BCUT2D eigenvalue weighted by Gasteiger charge is -2.00. The van der Waals surface area contributed by atoms with Crippen LogP contribution in [0.3, 0.4) is 0 Å². The number of hydrogen-bond donors (Lipinski definition) is 1. The zero-order chi connectivity index (χ0) is 10.6. The summed E-state index contributed by atoms with van der Waals surface area (Å²) in [5.41, 5.74) is 1.09. The Balaban J connectivity index is 2.52. The summed E-state index contributed by atoms with van der Waals surface area (Å²) in [4.78, 5) is 12.3. The third-order valence-corrected chi connectivity index (χ3v) is 4.08. The van der Waals surface area contributed by atoms with Crippen LogP contribution in [-0.4, -0.2) is 18.3 Å². The Morgan fingerprint density at radius 3 is 2.93 bits per heavy atom. The molecule has 14 heavy (non-hydrogen) atoms. The number of carbonyl (C=O) groups is 1. The van der Waals surface area contributed by atoms with E-state index in [1.165, 1.54) is 11.3 Å². The molecule has 0 aliphatic carbocycles. The first-order valence-corrected chi connectivity index (χ1v) is 6.39. The van der Waals surface area contributed by atoms with Gasteiger partial charge in [0.2, 0.25) is 0 Å². The number of halogens is 2. The molecule has 0 spiro atoms. The second-order valence-corrected chi connectivity index (χ2v) is 5.61. The number of hydrogen-bond acceptors (Lipinski definition) is 2. The van der Waals surface area contributed by atoms with Crippen molar-refractivity contribution >= 4 is 44.8 Å². The molecule has 0 aliphatic heterocycles. The van der Waals surface area contributed by atoms with E-state index in [4.69, 9.17) is 11.6 Å². The summed E-state index contributed by atoms with van der Waals surface area (Å²) in [6.45, 7) is 2.60. The highest BCUT2D eigenvalue weighted by molar-refractivity contribution is 9.11. The van der Waals surface area contributed by atoms with Crippen molar-refractivity contribution in [3.8, 4) is 0 Å². The molecule has 1 aromatic rings. The molecule has 78 valence electrons. The van der Waals surface area contributed by atoms with E-state index >= 15 is 0 Å². The van der Waals surface area contributed by atoms with E-state index in [9.17, 15) is 4.79 Å². The minimum absolute atomic E-state index is 0.0195. The quantitative estimate of drug-likeness (QED) is 0.671. The number of thiophene rings is 1. The van der Waals surface area contributed by atoms with Crippen molar-refractivity contribution in [2.45, 2.75) is 13.3 Å². The molecule has 0 aliphatic rings. The van der Waals surface area contributed by atoms with Crippen molar-refractivity contribution < 1.29 is 4.79 Å². The highest BCUT2D eigenvalue weighted by Gasteiger charge is 2.09. The van der Waals surface area contributed by atoms with Gasteiger partial charge in [0.25, 0.3) is 5.91 Å². The molecular formula is C9H11BrClNOS. The van der Waals surface area contributed by atoms with Gasteiger partial charge in [0.15, 0.2) is 0 Å². The predicted octanol–water partition coefficient (Wildman–Crippen LogP) is 3.18. The molecule has 0 radical (unpaired) electrons. The number of nitrogens with one attached hydrogen (secondary N) is 1. The van der Waals surface area contributed by atoms with E-state index < -0.39 is 0 Å². The van der Waals surface area contributed by atoms with Crippen LogP contribution < -0.4 is 5.32 Å². The van der Waals surface area contributed by atoms with Crippen LogP contribution in [0.25, 0.3) is 0 Å². The average molecular weight is 297 g/mol. The standard InChI is InChI=1S/C9H11BrClNOS/c1-6-5-7(14-8(6)10)9(13)12-4-2-3-11/h5H,2-4H2,1H3,(H,12,13). The summed E-state index contributed by atoms with van der Waals surface area (Å²) >= 11 is 10.3. The third kappa shape index (κ3) is 3.26. The Morgan fingerprint density at radius 2 is 2.43 bits per heavy atom. The molecule has 1 rings (SSSR count). The van der Waals surface area contributed by atoms with Crippen LogP contribution in [-0.2, 0) is 0 Å². The Hall–Kier alpha value is -0.0600. The third-order valence-electron chi connectivity index (χ3n) is 1.68. The van der Waals surface area contributed by atoms with Gasteiger partial charge in [-0.3, -0.25) is 4.79 Å². The predicted molar refractivity (Wildman–Crippen MR) is 64.4 cm³/mol. The maximum Gasteiger partial charge on any atom is 0.261 e. The summed E-state index contributed by atoms with van der Waals surface area (Å²) in [6, 6.07) is 1.88. The van der Waals surface area contributed by atoms with E-state index in [2.05, 4.69) is 21.2 Å². The minimum Gasteiger partial charge on any atom is -0.351 e. The Bertz CT molecular complexity index is 307. The van der Waals surface area contributed by atoms with Crippen molar-refractivity contribution in [3.63, 3.8) is 0 Å². The van der Waals surface area contributed by atoms with Gasteiger partial charge in [0.1, 0.15) is 0 Å². The lowest BCUT2D eigenvalue weighted by molar-refractivity contribution is 0.0958. The fraction of sp³-hybridized carbons (Fsp3) is 0.444. The molecule has 0 unspecified atom stereocenters. The van der Waals surface area contributed by atoms with Crippen molar-refractivity contribution in [1.29, 1.82) is 0 Å². The van der Waals surface area contributed by atoms with Gasteiger partial charge in [-0.05, 0) is 40.9 Å². The van der Waals surface area contributed by atoms with Crippen molar-refractivity contribution in [2.75, 3.05) is 12.4 Å². The van der Waals surface area contributed by atoms with Crippen LogP contribution in [0.1, 0.15) is 21.7 Å². The van der Waals surface area contributed by atoms with Crippen molar-refractivity contribution in [2.24, 2.45) is 0 Å². The maximum atomic E-state index is 11.5. The molecule has 1 N–H and O–H groups in total. The topological polar surface area (TPSA) is 29.1 Å². The van der Waals surface area contributed by atoms with Crippen LogP contribution in [0.4, 0.5) is 0 Å². The smallest absolute Gasteiger partial charge is 0.261 e. The van der Waals surface area contributed by atoms with Gasteiger partial charge in [-0.2, -0.15) is 0 Å². The monoisotopic (exact) mass is 295 g/mol. The van der Waals surface area contributed by atoms with Gasteiger partial charge in [-0.25, -0.2) is 0 Å². The SMILES string of the molecule is Cc1cc(C(=O)NCCCCl)sc1Br. The fourth-order valence-electron chi connectivity index (χ4n) is 0.928. The molecule has 0 aromatic carbocycles. The lowest BCUT2D eigenvalue weighted by Crippen LogP contribution is -2.23. The average Bonchev–Trinajstić information content (AvgIpc) is 2.47. The fourth-order valence-corrected chi connectivity index (χ4v) is 2.51. The van der Waals surface area contributed by atoms with E-state index in [-0.39, 0.29) is 5.91 Å². The summed E-state index contributed by atoms with van der Waals surface area (Å²) < 4.78 is 1.01. The zero-order valence-corrected chi connectivity index (χ0v) is 10.9. The molecule has 1 amide bonds. The van der Waals surface area contributed by atoms with Crippen LogP contribution in [0, 0.1) is 6.92 Å². The Morgan fingerprint density at radius 1 is 1.71 bits per heavy atom. The highest BCUT2D eigenvalue weighted by atomic mass is 79.9. The molecule has 0 saturated carbocycles. The molecular weight excluding hydrogens is 286 g/mol. The van der Waals surface area contributed by atoms with Gasteiger partial charge in [-0.15, -0.1) is 22.9 Å². The molecule has 0 fully saturated rings. The zero-order valence-electron chi connectivity index (χ0n) is 7.77. The number of rotatable bonds is 4. The number of amides is 1. The number of carbonyl (C=O) groups excluding carboxylic acids is 1. The summed E-state index contributed by atoms with van der Waals surface area (Å²) in [5, 5.41) is 2.81. The second kappa shape index (κ2) is 5.73. The number of alkyl halides is 1. The minimum atomic E-state index is -0.0195. The van der Waals surface area contributed by atoms with E-state index in [0.29, 0.717) is 12.4 Å². The van der Waals surface area contributed by atoms with E-state index in [1.807, 2.05) is 13.0 Å². The van der Waals surface area contributed by atoms with Gasteiger partial charge >= 0.3 is 0 Å². The van der Waals surface area contributed by atoms with Crippen LogP contribution in [0.5, 0.6) is 0 Å². The summed E-state index contributed by atoms with van der Waals surface area (Å²) in [7, 11) is 0.